The minimum absolute atomic E-state index is 0.0710. The molecule has 0 bridgehead atoms. The minimum atomic E-state index is -0.766. The molecule has 0 saturated carbocycles. The van der Waals surface area contributed by atoms with Crippen molar-refractivity contribution in [1.82, 2.24) is 19.3 Å². The molecule has 7 nitrogen and oxygen atoms in total. The first-order chi connectivity index (χ1) is 11.0. The van der Waals surface area contributed by atoms with Crippen LogP contribution in [0.3, 0.4) is 0 Å². The predicted octanol–water partition coefficient (Wildman–Crippen LogP) is 1.04. The quantitative estimate of drug-likeness (QED) is 0.782. The van der Waals surface area contributed by atoms with Crippen LogP contribution in [0.4, 0.5) is 0 Å². The van der Waals surface area contributed by atoms with E-state index in [-0.39, 0.29) is 5.56 Å². The van der Waals surface area contributed by atoms with Crippen molar-refractivity contribution in [2.24, 2.45) is 12.8 Å². The van der Waals surface area contributed by atoms with E-state index in [4.69, 9.17) is 5.73 Å². The zero-order chi connectivity index (χ0) is 16.6. The summed E-state index contributed by atoms with van der Waals surface area (Å²) in [6, 6.07) is 4.99. The van der Waals surface area contributed by atoms with Crippen molar-refractivity contribution < 1.29 is 4.79 Å². The molecule has 0 aliphatic rings. The highest BCUT2D eigenvalue weighted by Crippen LogP contribution is 2.24. The van der Waals surface area contributed by atoms with Crippen LogP contribution < -0.4 is 11.3 Å². The highest BCUT2D eigenvalue weighted by molar-refractivity contribution is 5.94. The molecule has 116 valence electrons. The summed E-state index contributed by atoms with van der Waals surface area (Å²) in [5, 5.41) is 4.13. The molecule has 0 aromatic carbocycles. The number of pyridine rings is 2. The molecule has 3 aromatic heterocycles. The summed E-state index contributed by atoms with van der Waals surface area (Å²) in [5.74, 6) is -0.766. The standard InChI is InChI=1S/C16H15N5O2/c1-10-13(11-7-19-20(2)9-11)6-14(15(17)22)16(23)21(10)12-4-3-5-18-8-12/h3-9H,1-2H3,(H2,17,22). The maximum atomic E-state index is 12.6. The number of carbonyl (C=O) groups is 1. The summed E-state index contributed by atoms with van der Waals surface area (Å²) >= 11 is 0. The molecule has 0 spiro atoms. The first-order valence-electron chi connectivity index (χ1n) is 6.95. The number of aryl methyl sites for hydroxylation is 1. The Bertz CT molecular complexity index is 941. The van der Waals surface area contributed by atoms with Crippen LogP contribution in [0.1, 0.15) is 16.1 Å². The molecular weight excluding hydrogens is 294 g/mol. The van der Waals surface area contributed by atoms with Gasteiger partial charge in [0.05, 0.1) is 18.1 Å². The van der Waals surface area contributed by atoms with Gasteiger partial charge in [-0.3, -0.25) is 23.8 Å². The SMILES string of the molecule is Cc1c(-c2cnn(C)c2)cc(C(N)=O)c(=O)n1-c1cccnc1. The number of aromatic nitrogens is 4. The van der Waals surface area contributed by atoms with E-state index in [2.05, 4.69) is 10.1 Å². The molecule has 1 amide bonds. The van der Waals surface area contributed by atoms with Gasteiger partial charge in [-0.15, -0.1) is 0 Å². The van der Waals surface area contributed by atoms with E-state index in [1.54, 1.807) is 42.5 Å². The van der Waals surface area contributed by atoms with Gasteiger partial charge in [-0.25, -0.2) is 0 Å². The smallest absolute Gasteiger partial charge is 0.268 e. The van der Waals surface area contributed by atoms with Gasteiger partial charge >= 0.3 is 0 Å². The maximum Gasteiger partial charge on any atom is 0.268 e. The third-order valence-electron chi connectivity index (χ3n) is 3.63. The largest absolute Gasteiger partial charge is 0.365 e. The Morgan fingerprint density at radius 1 is 1.30 bits per heavy atom. The molecule has 0 radical (unpaired) electrons. The van der Waals surface area contributed by atoms with Crippen LogP contribution in [-0.4, -0.2) is 25.2 Å². The topological polar surface area (TPSA) is 95.8 Å². The van der Waals surface area contributed by atoms with E-state index < -0.39 is 11.5 Å². The first-order valence-corrected chi connectivity index (χ1v) is 6.95. The second kappa shape index (κ2) is 5.53. The van der Waals surface area contributed by atoms with Crippen LogP contribution in [-0.2, 0) is 7.05 Å². The second-order valence-corrected chi connectivity index (χ2v) is 5.18. The fourth-order valence-electron chi connectivity index (χ4n) is 2.53. The molecule has 0 fully saturated rings. The van der Waals surface area contributed by atoms with Gasteiger partial charge in [0.2, 0.25) is 0 Å². The molecular formula is C16H15N5O2. The summed E-state index contributed by atoms with van der Waals surface area (Å²) in [6.45, 7) is 1.81. The third-order valence-corrected chi connectivity index (χ3v) is 3.63. The van der Waals surface area contributed by atoms with Gasteiger partial charge in [0.25, 0.3) is 11.5 Å². The van der Waals surface area contributed by atoms with E-state index in [0.29, 0.717) is 11.4 Å². The highest BCUT2D eigenvalue weighted by Gasteiger charge is 2.18. The molecule has 0 unspecified atom stereocenters. The Balaban J connectivity index is 2.37. The number of hydrogen-bond acceptors (Lipinski definition) is 4. The van der Waals surface area contributed by atoms with Crippen molar-refractivity contribution in [1.29, 1.82) is 0 Å². The number of amides is 1. The number of nitrogens with zero attached hydrogens (tertiary/aromatic N) is 4. The molecule has 0 atom stereocenters. The Morgan fingerprint density at radius 3 is 2.65 bits per heavy atom. The van der Waals surface area contributed by atoms with Gasteiger partial charge < -0.3 is 5.73 Å². The number of hydrogen-bond donors (Lipinski definition) is 1. The summed E-state index contributed by atoms with van der Waals surface area (Å²) in [5.41, 5.74) is 7.61. The molecule has 3 rings (SSSR count). The van der Waals surface area contributed by atoms with Gasteiger partial charge in [-0.2, -0.15) is 5.10 Å². The van der Waals surface area contributed by atoms with Crippen molar-refractivity contribution >= 4 is 5.91 Å². The lowest BCUT2D eigenvalue weighted by Crippen LogP contribution is -2.30. The molecule has 0 aliphatic carbocycles. The van der Waals surface area contributed by atoms with Crippen molar-refractivity contribution in [2.45, 2.75) is 6.92 Å². The molecule has 3 heterocycles. The van der Waals surface area contributed by atoms with Crippen LogP contribution in [0, 0.1) is 6.92 Å². The lowest BCUT2D eigenvalue weighted by atomic mass is 10.0. The summed E-state index contributed by atoms with van der Waals surface area (Å²) < 4.78 is 3.09. The molecule has 0 aliphatic heterocycles. The Kier molecular flexibility index (Phi) is 3.53. The maximum absolute atomic E-state index is 12.6. The van der Waals surface area contributed by atoms with E-state index in [1.807, 2.05) is 13.1 Å². The Labute approximate surface area is 132 Å². The fraction of sp³-hybridized carbons (Fsp3) is 0.125. The second-order valence-electron chi connectivity index (χ2n) is 5.18. The van der Waals surface area contributed by atoms with Crippen molar-refractivity contribution in [2.75, 3.05) is 0 Å². The van der Waals surface area contributed by atoms with Crippen LogP contribution in [0.5, 0.6) is 0 Å². The third kappa shape index (κ3) is 2.52. The van der Waals surface area contributed by atoms with Crippen LogP contribution in [0.25, 0.3) is 16.8 Å². The van der Waals surface area contributed by atoms with Crippen molar-refractivity contribution in [3.8, 4) is 16.8 Å². The van der Waals surface area contributed by atoms with Gasteiger partial charge in [0.15, 0.2) is 0 Å². The van der Waals surface area contributed by atoms with Gasteiger partial charge in [-0.1, -0.05) is 0 Å². The number of carbonyl (C=O) groups excluding carboxylic acids is 1. The van der Waals surface area contributed by atoms with E-state index in [0.717, 1.165) is 11.1 Å². The lowest BCUT2D eigenvalue weighted by molar-refractivity contribution is 0.0998. The molecule has 2 N–H and O–H groups in total. The van der Waals surface area contributed by atoms with E-state index >= 15 is 0 Å². The minimum Gasteiger partial charge on any atom is -0.365 e. The monoisotopic (exact) mass is 309 g/mol. The highest BCUT2D eigenvalue weighted by atomic mass is 16.2. The number of nitrogens with two attached hydrogens (primary N) is 1. The molecule has 0 saturated heterocycles. The summed E-state index contributed by atoms with van der Waals surface area (Å²) in [4.78, 5) is 28.3. The van der Waals surface area contributed by atoms with E-state index in [9.17, 15) is 9.59 Å². The van der Waals surface area contributed by atoms with Crippen LogP contribution >= 0.6 is 0 Å². The number of rotatable bonds is 3. The molecule has 7 heteroatoms. The number of primary amides is 1. The van der Waals surface area contributed by atoms with Crippen molar-refractivity contribution in [3.63, 3.8) is 0 Å². The zero-order valence-electron chi connectivity index (χ0n) is 12.7. The molecule has 3 aromatic rings. The van der Waals surface area contributed by atoms with Crippen LogP contribution in [0.15, 0.2) is 47.8 Å². The Morgan fingerprint density at radius 2 is 2.09 bits per heavy atom. The van der Waals surface area contributed by atoms with E-state index in [1.165, 1.54) is 10.6 Å². The van der Waals surface area contributed by atoms with Gasteiger partial charge in [-0.05, 0) is 25.1 Å². The predicted molar refractivity (Wildman–Crippen MR) is 85.3 cm³/mol. The average Bonchev–Trinajstić information content (AvgIpc) is 2.94. The summed E-state index contributed by atoms with van der Waals surface area (Å²) in [6.07, 6.45) is 6.66. The first kappa shape index (κ1) is 14.7. The zero-order valence-corrected chi connectivity index (χ0v) is 12.7. The van der Waals surface area contributed by atoms with Gasteiger partial charge in [0, 0.05) is 36.3 Å². The average molecular weight is 309 g/mol. The van der Waals surface area contributed by atoms with Crippen LogP contribution in [0.2, 0.25) is 0 Å². The Hall–Kier alpha value is -3.22. The summed E-state index contributed by atoms with van der Waals surface area (Å²) in [7, 11) is 1.80. The molecule has 23 heavy (non-hydrogen) atoms. The van der Waals surface area contributed by atoms with Gasteiger partial charge in [0.1, 0.15) is 5.56 Å². The lowest BCUT2D eigenvalue weighted by Gasteiger charge is -2.14. The normalized spacial score (nSPS) is 10.7. The fourth-order valence-corrected chi connectivity index (χ4v) is 2.53. The van der Waals surface area contributed by atoms with Crippen molar-refractivity contribution in [3.05, 3.63) is 64.6 Å².